The van der Waals surface area contributed by atoms with Gasteiger partial charge in [-0.3, -0.25) is 10.1 Å². The molecule has 1 aromatic carbocycles. The van der Waals surface area contributed by atoms with Crippen LogP contribution in [-0.4, -0.2) is 42.6 Å². The SMILES string of the molecule is CN1C(=S)SC(C)(/[N+]([O-])=C\c2ccc([N+](=O)[O-])cc2)C1(C)C. The van der Waals surface area contributed by atoms with E-state index in [0.717, 1.165) is 4.74 Å². The largest absolute Gasteiger partial charge is 0.623 e. The number of hydrogen-bond acceptors (Lipinski definition) is 5. The molecule has 0 spiro atoms. The quantitative estimate of drug-likeness (QED) is 0.210. The first-order chi connectivity index (χ1) is 10.1. The van der Waals surface area contributed by atoms with Crippen LogP contribution in [0.15, 0.2) is 24.3 Å². The monoisotopic (exact) mass is 339 g/mol. The van der Waals surface area contributed by atoms with Crippen molar-refractivity contribution in [3.8, 4) is 0 Å². The van der Waals surface area contributed by atoms with Gasteiger partial charge in [-0.15, -0.1) is 0 Å². The van der Waals surface area contributed by atoms with Gasteiger partial charge in [-0.05, 0) is 37.7 Å². The van der Waals surface area contributed by atoms with Crippen LogP contribution in [0.3, 0.4) is 0 Å². The lowest BCUT2D eigenvalue weighted by Gasteiger charge is -2.37. The fourth-order valence-corrected chi connectivity index (χ4v) is 4.11. The van der Waals surface area contributed by atoms with E-state index in [-0.39, 0.29) is 5.69 Å². The number of nitro benzene ring substituents is 1. The number of non-ortho nitro benzene ring substituents is 1. The fraction of sp³-hybridized carbons (Fsp3) is 0.429. The highest BCUT2D eigenvalue weighted by atomic mass is 32.2. The van der Waals surface area contributed by atoms with Gasteiger partial charge in [-0.25, -0.2) is 0 Å². The van der Waals surface area contributed by atoms with E-state index in [4.69, 9.17) is 12.2 Å². The summed E-state index contributed by atoms with van der Waals surface area (Å²) in [6, 6.07) is 5.87. The van der Waals surface area contributed by atoms with Crippen LogP contribution < -0.4 is 0 Å². The van der Waals surface area contributed by atoms with Crippen molar-refractivity contribution in [2.75, 3.05) is 7.05 Å². The van der Waals surface area contributed by atoms with E-state index in [2.05, 4.69) is 0 Å². The highest BCUT2D eigenvalue weighted by Gasteiger charge is 2.59. The van der Waals surface area contributed by atoms with Crippen molar-refractivity contribution in [3.63, 3.8) is 0 Å². The van der Waals surface area contributed by atoms with E-state index < -0.39 is 15.3 Å². The Morgan fingerprint density at radius 3 is 2.18 bits per heavy atom. The zero-order valence-electron chi connectivity index (χ0n) is 12.8. The summed E-state index contributed by atoms with van der Waals surface area (Å²) >= 11 is 6.65. The minimum atomic E-state index is -0.777. The van der Waals surface area contributed by atoms with Crippen molar-refractivity contribution in [2.45, 2.75) is 31.2 Å². The number of nitro groups is 1. The van der Waals surface area contributed by atoms with Crippen molar-refractivity contribution in [1.82, 2.24) is 4.90 Å². The topological polar surface area (TPSA) is 72.5 Å². The molecule has 1 saturated heterocycles. The molecule has 0 radical (unpaired) electrons. The second-order valence-corrected chi connectivity index (χ2v) is 7.80. The van der Waals surface area contributed by atoms with E-state index in [9.17, 15) is 15.3 Å². The van der Waals surface area contributed by atoms with Gasteiger partial charge in [0.2, 0.25) is 4.87 Å². The molecule has 1 heterocycles. The summed E-state index contributed by atoms with van der Waals surface area (Å²) in [7, 11) is 1.88. The number of benzene rings is 1. The van der Waals surface area contributed by atoms with Gasteiger partial charge in [0.15, 0.2) is 6.21 Å². The van der Waals surface area contributed by atoms with Crippen LogP contribution in [-0.2, 0) is 0 Å². The van der Waals surface area contributed by atoms with Gasteiger partial charge in [-0.1, -0.05) is 12.2 Å². The Hall–Kier alpha value is -1.67. The summed E-state index contributed by atoms with van der Waals surface area (Å²) in [4.78, 5) is 11.3. The molecule has 1 aliphatic rings. The Morgan fingerprint density at radius 1 is 1.23 bits per heavy atom. The average Bonchev–Trinajstić information content (AvgIpc) is 2.60. The van der Waals surface area contributed by atoms with Gasteiger partial charge in [0.1, 0.15) is 9.86 Å². The van der Waals surface area contributed by atoms with Gasteiger partial charge in [0, 0.05) is 31.7 Å². The lowest BCUT2D eigenvalue weighted by atomic mass is 9.94. The lowest BCUT2D eigenvalue weighted by molar-refractivity contribution is -0.522. The number of likely N-dealkylation sites (N-methyl/N-ethyl adjacent to an activating group) is 1. The van der Waals surface area contributed by atoms with Crippen molar-refractivity contribution < 1.29 is 9.66 Å². The molecule has 0 bridgehead atoms. The number of thioether (sulfide) groups is 1. The molecule has 1 aliphatic heterocycles. The summed E-state index contributed by atoms with van der Waals surface area (Å²) in [5, 5.41) is 23.3. The van der Waals surface area contributed by atoms with E-state index in [1.807, 2.05) is 32.7 Å². The van der Waals surface area contributed by atoms with Crippen molar-refractivity contribution in [1.29, 1.82) is 0 Å². The van der Waals surface area contributed by atoms with Crippen LogP contribution >= 0.6 is 24.0 Å². The second-order valence-electron chi connectivity index (χ2n) is 5.77. The maximum Gasteiger partial charge on any atom is 0.269 e. The number of hydrogen-bond donors (Lipinski definition) is 0. The molecule has 0 saturated carbocycles. The van der Waals surface area contributed by atoms with E-state index in [1.54, 1.807) is 12.1 Å². The molecule has 1 fully saturated rings. The Morgan fingerprint density at radius 2 is 1.77 bits per heavy atom. The van der Waals surface area contributed by atoms with Crippen molar-refractivity contribution >= 4 is 40.2 Å². The first-order valence-electron chi connectivity index (χ1n) is 6.62. The molecule has 1 atom stereocenters. The van der Waals surface area contributed by atoms with E-state index >= 15 is 0 Å². The van der Waals surface area contributed by atoms with Crippen LogP contribution in [0.1, 0.15) is 26.3 Å². The molecular weight excluding hydrogens is 322 g/mol. The fourth-order valence-electron chi connectivity index (χ4n) is 2.16. The molecule has 0 aromatic heterocycles. The summed E-state index contributed by atoms with van der Waals surface area (Å²) < 4.78 is 1.56. The minimum Gasteiger partial charge on any atom is -0.623 e. The van der Waals surface area contributed by atoms with Crippen LogP contribution in [0, 0.1) is 15.3 Å². The molecule has 0 N–H and O–H groups in total. The molecule has 0 amide bonds. The zero-order chi connectivity index (χ0) is 16.7. The Kier molecular flexibility index (Phi) is 4.18. The van der Waals surface area contributed by atoms with Crippen LogP contribution in [0.5, 0.6) is 0 Å². The molecule has 22 heavy (non-hydrogen) atoms. The van der Waals surface area contributed by atoms with Gasteiger partial charge in [0.25, 0.3) is 5.69 Å². The Labute approximate surface area is 138 Å². The van der Waals surface area contributed by atoms with Gasteiger partial charge in [-0.2, -0.15) is 4.74 Å². The van der Waals surface area contributed by atoms with Gasteiger partial charge < -0.3 is 10.1 Å². The van der Waals surface area contributed by atoms with E-state index in [1.165, 1.54) is 30.1 Å². The third-order valence-corrected chi connectivity index (χ3v) is 6.37. The molecule has 6 nitrogen and oxygen atoms in total. The second kappa shape index (κ2) is 5.51. The first kappa shape index (κ1) is 16.7. The predicted molar refractivity (Wildman–Crippen MR) is 92.3 cm³/mol. The third-order valence-electron chi connectivity index (χ3n) is 4.32. The molecular formula is C14H17N3O3S2. The average molecular weight is 339 g/mol. The van der Waals surface area contributed by atoms with Crippen LogP contribution in [0.25, 0.3) is 0 Å². The maximum atomic E-state index is 12.7. The molecule has 1 aromatic rings. The summed E-state index contributed by atoms with van der Waals surface area (Å²) in [6.45, 7) is 5.78. The summed E-state index contributed by atoms with van der Waals surface area (Å²) in [5.74, 6) is 0. The highest BCUT2D eigenvalue weighted by molar-refractivity contribution is 8.24. The lowest BCUT2D eigenvalue weighted by Crippen LogP contribution is -2.55. The Bertz CT molecular complexity index is 658. The molecule has 118 valence electrons. The van der Waals surface area contributed by atoms with Crippen molar-refractivity contribution in [2.24, 2.45) is 0 Å². The number of hydroxylamine groups is 1. The maximum absolute atomic E-state index is 12.7. The zero-order valence-corrected chi connectivity index (χ0v) is 14.4. The standard InChI is InChI=1S/C14H17N3O3S2/c1-13(2)14(3,22-12(21)15(13)4)16(18)9-10-5-7-11(8-6-10)17(19)20/h5-9H,1-4H3/b16-9+. The van der Waals surface area contributed by atoms with Gasteiger partial charge in [0.05, 0.1) is 4.92 Å². The first-order valence-corrected chi connectivity index (χ1v) is 7.84. The normalized spacial score (nSPS) is 24.6. The summed E-state index contributed by atoms with van der Waals surface area (Å²) in [5.41, 5.74) is 0.157. The predicted octanol–water partition coefficient (Wildman–Crippen LogP) is 2.98. The number of nitrogens with zero attached hydrogens (tertiary/aromatic N) is 3. The molecule has 0 aliphatic carbocycles. The summed E-state index contributed by atoms with van der Waals surface area (Å²) in [6.07, 6.45) is 1.44. The Balaban J connectivity index is 2.36. The molecule has 8 heteroatoms. The van der Waals surface area contributed by atoms with Crippen LogP contribution in [0.2, 0.25) is 0 Å². The smallest absolute Gasteiger partial charge is 0.269 e. The third kappa shape index (κ3) is 2.56. The number of thiocarbonyl (C=S) groups is 1. The van der Waals surface area contributed by atoms with Gasteiger partial charge >= 0.3 is 0 Å². The minimum absolute atomic E-state index is 0.00251. The number of rotatable bonds is 3. The van der Waals surface area contributed by atoms with Crippen molar-refractivity contribution in [3.05, 3.63) is 45.2 Å². The van der Waals surface area contributed by atoms with Crippen LogP contribution in [0.4, 0.5) is 5.69 Å². The molecule has 2 rings (SSSR count). The highest BCUT2D eigenvalue weighted by Crippen LogP contribution is 2.48. The van der Waals surface area contributed by atoms with E-state index in [0.29, 0.717) is 9.88 Å². The molecule has 1 unspecified atom stereocenters.